The average molecular weight is 516 g/mol. The molecule has 0 spiro atoms. The molecule has 0 bridgehead atoms. The zero-order chi connectivity index (χ0) is 25.4. The first-order valence-corrected chi connectivity index (χ1v) is 11.6. The maximum absolute atomic E-state index is 14.1. The standard InChI is InChI=1S/C27H21ClF3NO4/c1-34-19-8-4-17(5-9-19)23-24(33)20-10-11-22-21(25(20)36-26(23)27(29,30)31)14-32(15-35-22)13-12-16-2-6-18(28)7-3-16/h2-11H,12-15H2,1H3. The summed E-state index contributed by atoms with van der Waals surface area (Å²) in [6, 6.07) is 16.3. The number of fused-ring (bicyclic) bond motifs is 3. The van der Waals surface area contributed by atoms with Gasteiger partial charge < -0.3 is 13.9 Å². The highest BCUT2D eigenvalue weighted by Gasteiger charge is 2.40. The first kappa shape index (κ1) is 24.2. The van der Waals surface area contributed by atoms with Gasteiger partial charge in [-0.2, -0.15) is 13.2 Å². The Hall–Kier alpha value is -3.49. The van der Waals surface area contributed by atoms with Crippen molar-refractivity contribution in [2.75, 3.05) is 20.4 Å². The Labute approximate surface area is 209 Å². The van der Waals surface area contributed by atoms with Gasteiger partial charge in [-0.1, -0.05) is 35.9 Å². The van der Waals surface area contributed by atoms with Crippen LogP contribution in [-0.2, 0) is 19.1 Å². The van der Waals surface area contributed by atoms with E-state index in [0.717, 1.165) is 5.56 Å². The number of nitrogens with zero attached hydrogens (tertiary/aromatic N) is 1. The average Bonchev–Trinajstić information content (AvgIpc) is 2.87. The Bertz CT molecular complexity index is 1460. The fraction of sp³-hybridized carbons (Fsp3) is 0.222. The number of halogens is 4. The Balaban J connectivity index is 1.55. The summed E-state index contributed by atoms with van der Waals surface area (Å²) in [6.07, 6.45) is -4.19. The molecule has 1 aliphatic heterocycles. The minimum Gasteiger partial charge on any atom is -0.497 e. The van der Waals surface area contributed by atoms with Gasteiger partial charge in [-0.15, -0.1) is 0 Å². The first-order valence-electron chi connectivity index (χ1n) is 11.2. The van der Waals surface area contributed by atoms with E-state index in [1.54, 1.807) is 18.2 Å². The van der Waals surface area contributed by atoms with E-state index >= 15 is 0 Å². The van der Waals surface area contributed by atoms with Crippen molar-refractivity contribution in [3.8, 4) is 22.6 Å². The number of alkyl halides is 3. The van der Waals surface area contributed by atoms with Crippen molar-refractivity contribution in [1.82, 2.24) is 4.90 Å². The van der Waals surface area contributed by atoms with Crippen LogP contribution >= 0.6 is 11.6 Å². The van der Waals surface area contributed by atoms with Gasteiger partial charge >= 0.3 is 6.18 Å². The summed E-state index contributed by atoms with van der Waals surface area (Å²) in [7, 11) is 1.45. The molecule has 4 aromatic rings. The fourth-order valence-electron chi connectivity index (χ4n) is 4.31. The van der Waals surface area contributed by atoms with E-state index in [1.807, 2.05) is 17.0 Å². The van der Waals surface area contributed by atoms with Crippen molar-refractivity contribution >= 4 is 22.6 Å². The van der Waals surface area contributed by atoms with Crippen molar-refractivity contribution in [2.24, 2.45) is 0 Å². The molecule has 0 fully saturated rings. The molecule has 5 nitrogen and oxygen atoms in total. The minimum atomic E-state index is -4.88. The molecule has 0 N–H and O–H groups in total. The number of methoxy groups -OCH3 is 1. The fourth-order valence-corrected chi connectivity index (χ4v) is 4.44. The molecule has 0 amide bonds. The predicted molar refractivity (Wildman–Crippen MR) is 131 cm³/mol. The molecule has 0 saturated heterocycles. The van der Waals surface area contributed by atoms with Gasteiger partial charge in [0.1, 0.15) is 23.8 Å². The van der Waals surface area contributed by atoms with Crippen molar-refractivity contribution in [3.63, 3.8) is 0 Å². The smallest absolute Gasteiger partial charge is 0.450 e. The van der Waals surface area contributed by atoms with Gasteiger partial charge in [0.2, 0.25) is 11.2 Å². The van der Waals surface area contributed by atoms with Gasteiger partial charge in [-0.05, 0) is 53.9 Å². The molecule has 5 rings (SSSR count). The summed E-state index contributed by atoms with van der Waals surface area (Å²) >= 11 is 5.94. The van der Waals surface area contributed by atoms with Crippen molar-refractivity contribution in [2.45, 2.75) is 19.1 Å². The normalized spacial score (nSPS) is 13.9. The van der Waals surface area contributed by atoms with Gasteiger partial charge in [0, 0.05) is 18.1 Å². The highest BCUT2D eigenvalue weighted by atomic mass is 35.5. The monoisotopic (exact) mass is 515 g/mol. The summed E-state index contributed by atoms with van der Waals surface area (Å²) in [5.74, 6) is -0.474. The Morgan fingerprint density at radius 1 is 1.03 bits per heavy atom. The summed E-state index contributed by atoms with van der Waals surface area (Å²) in [4.78, 5) is 15.3. The Morgan fingerprint density at radius 2 is 1.75 bits per heavy atom. The highest BCUT2D eigenvalue weighted by molar-refractivity contribution is 6.30. The largest absolute Gasteiger partial charge is 0.497 e. The van der Waals surface area contributed by atoms with Crippen molar-refractivity contribution < 1.29 is 27.1 Å². The SMILES string of the molecule is COc1ccc(-c2c(C(F)(F)F)oc3c4c(ccc3c2=O)OCN(CCc2ccc(Cl)cc2)C4)cc1. The van der Waals surface area contributed by atoms with Crippen LogP contribution in [-0.4, -0.2) is 25.3 Å². The van der Waals surface area contributed by atoms with Crippen molar-refractivity contribution in [1.29, 1.82) is 0 Å². The van der Waals surface area contributed by atoms with E-state index in [-0.39, 0.29) is 29.8 Å². The number of rotatable bonds is 5. The second-order valence-corrected chi connectivity index (χ2v) is 8.92. The zero-order valence-corrected chi connectivity index (χ0v) is 19.9. The van der Waals surface area contributed by atoms with E-state index in [4.69, 9.17) is 25.5 Å². The van der Waals surface area contributed by atoms with Gasteiger partial charge in [0.05, 0.1) is 23.6 Å². The quantitative estimate of drug-likeness (QED) is 0.302. The molecule has 0 aliphatic carbocycles. The van der Waals surface area contributed by atoms with Crippen LogP contribution in [0.15, 0.2) is 69.9 Å². The Kier molecular flexibility index (Phi) is 6.40. The topological polar surface area (TPSA) is 51.9 Å². The number of hydrogen-bond donors (Lipinski definition) is 0. The van der Waals surface area contributed by atoms with E-state index in [9.17, 15) is 18.0 Å². The van der Waals surface area contributed by atoms with Crippen LogP contribution in [0.25, 0.3) is 22.1 Å². The predicted octanol–water partition coefficient (Wildman–Crippen LogP) is 6.54. The highest BCUT2D eigenvalue weighted by Crippen LogP contribution is 2.40. The van der Waals surface area contributed by atoms with Gasteiger partial charge in [-0.3, -0.25) is 9.69 Å². The lowest BCUT2D eigenvalue weighted by Crippen LogP contribution is -2.34. The third kappa shape index (κ3) is 4.66. The summed E-state index contributed by atoms with van der Waals surface area (Å²) in [6.45, 7) is 1.15. The van der Waals surface area contributed by atoms with E-state index in [2.05, 4.69) is 0 Å². The first-order chi connectivity index (χ1) is 17.2. The molecule has 0 atom stereocenters. The summed E-state index contributed by atoms with van der Waals surface area (Å²) < 4.78 is 58.8. The summed E-state index contributed by atoms with van der Waals surface area (Å²) in [5.41, 5.74) is 0.177. The lowest BCUT2D eigenvalue weighted by atomic mass is 9.99. The second kappa shape index (κ2) is 9.52. The summed E-state index contributed by atoms with van der Waals surface area (Å²) in [5, 5.41) is 0.709. The number of hydrogen-bond acceptors (Lipinski definition) is 5. The molecule has 36 heavy (non-hydrogen) atoms. The van der Waals surface area contributed by atoms with Crippen LogP contribution in [0.3, 0.4) is 0 Å². The molecule has 2 heterocycles. The lowest BCUT2D eigenvalue weighted by molar-refractivity contribution is -0.152. The van der Waals surface area contributed by atoms with Gasteiger partial charge in [-0.25, -0.2) is 0 Å². The van der Waals surface area contributed by atoms with E-state index in [0.29, 0.717) is 35.1 Å². The van der Waals surface area contributed by atoms with Crippen LogP contribution < -0.4 is 14.9 Å². The van der Waals surface area contributed by atoms with Crippen molar-refractivity contribution in [3.05, 3.63) is 92.8 Å². The zero-order valence-electron chi connectivity index (χ0n) is 19.2. The van der Waals surface area contributed by atoms with Gasteiger partial charge in [0.15, 0.2) is 0 Å². The molecule has 3 aromatic carbocycles. The van der Waals surface area contributed by atoms with Crippen LogP contribution in [0.4, 0.5) is 13.2 Å². The molecule has 1 aliphatic rings. The molecule has 186 valence electrons. The molecule has 0 saturated carbocycles. The molecule has 1 aromatic heterocycles. The maximum Gasteiger partial charge on any atom is 0.450 e. The van der Waals surface area contributed by atoms with Crippen LogP contribution in [0.1, 0.15) is 16.9 Å². The second-order valence-electron chi connectivity index (χ2n) is 8.48. The Morgan fingerprint density at radius 3 is 2.42 bits per heavy atom. The molecule has 0 unspecified atom stereocenters. The van der Waals surface area contributed by atoms with Crippen LogP contribution in [0, 0.1) is 0 Å². The number of benzene rings is 3. The lowest BCUT2D eigenvalue weighted by Gasteiger charge is -2.29. The van der Waals surface area contributed by atoms with Gasteiger partial charge in [0.25, 0.3) is 0 Å². The third-order valence-electron chi connectivity index (χ3n) is 6.17. The van der Waals surface area contributed by atoms with Crippen LogP contribution in [0.2, 0.25) is 5.02 Å². The molecule has 0 radical (unpaired) electrons. The molecule has 9 heteroatoms. The van der Waals surface area contributed by atoms with E-state index < -0.39 is 22.9 Å². The molecular formula is C27H21ClF3NO4. The third-order valence-corrected chi connectivity index (χ3v) is 6.42. The van der Waals surface area contributed by atoms with E-state index in [1.165, 1.54) is 37.4 Å². The minimum absolute atomic E-state index is 0.0655. The van der Waals surface area contributed by atoms with Crippen LogP contribution in [0.5, 0.6) is 11.5 Å². The number of ether oxygens (including phenoxy) is 2. The maximum atomic E-state index is 14.1. The molecular weight excluding hydrogens is 495 g/mol.